The molecule has 0 saturated carbocycles. The first-order valence-electron chi connectivity index (χ1n) is 5.47. The van der Waals surface area contributed by atoms with Crippen molar-refractivity contribution >= 4 is 23.4 Å². The Balaban J connectivity index is 2.68. The fourth-order valence-corrected chi connectivity index (χ4v) is 1.36. The number of aliphatic carboxylic acids is 1. The molecule has 0 aliphatic rings. The summed E-state index contributed by atoms with van der Waals surface area (Å²) in [7, 11) is 1.30. The van der Waals surface area contributed by atoms with Gasteiger partial charge in [-0.15, -0.1) is 0 Å². The van der Waals surface area contributed by atoms with Crippen molar-refractivity contribution in [2.24, 2.45) is 0 Å². The molecule has 0 bridgehead atoms. The molecule has 1 rings (SSSR count). The second kappa shape index (κ2) is 7.04. The second-order valence-corrected chi connectivity index (χ2v) is 3.75. The Morgan fingerprint density at radius 2 is 2.20 bits per heavy atom. The van der Waals surface area contributed by atoms with Gasteiger partial charge in [-0.25, -0.2) is 9.59 Å². The number of carbonyl (C=O) groups excluding carboxylic acids is 1. The van der Waals surface area contributed by atoms with E-state index in [-0.39, 0.29) is 18.0 Å². The maximum atomic E-state index is 11.6. The van der Waals surface area contributed by atoms with Crippen LogP contribution >= 0.6 is 0 Å². The minimum absolute atomic E-state index is 0.179. The summed E-state index contributed by atoms with van der Waals surface area (Å²) in [6.45, 7) is -0.197. The molecule has 0 radical (unpaired) electrons. The number of hydrogen-bond donors (Lipinski definition) is 3. The standard InChI is InChI=1S/C11H13N3O6/c1-20-6-9(10(15)16)13-11(17)12-7-3-2-4-8(5-7)14(18)19/h2-5,9H,6H2,1H3,(H,15,16)(H2,12,13,17). The molecule has 20 heavy (non-hydrogen) atoms. The van der Waals surface area contributed by atoms with Crippen LogP contribution in [0, 0.1) is 10.1 Å². The number of amides is 2. The molecule has 0 spiro atoms. The van der Waals surface area contributed by atoms with Crippen LogP contribution in [0.5, 0.6) is 0 Å². The molecule has 9 nitrogen and oxygen atoms in total. The van der Waals surface area contributed by atoms with Gasteiger partial charge in [-0.3, -0.25) is 10.1 Å². The molecule has 0 aliphatic heterocycles. The smallest absolute Gasteiger partial charge is 0.328 e. The zero-order chi connectivity index (χ0) is 15.1. The molecule has 1 unspecified atom stereocenters. The molecule has 1 aromatic rings. The number of ether oxygens (including phenoxy) is 1. The number of rotatable bonds is 6. The van der Waals surface area contributed by atoms with Gasteiger partial charge in [0.25, 0.3) is 5.69 Å². The highest BCUT2D eigenvalue weighted by Gasteiger charge is 2.19. The van der Waals surface area contributed by atoms with Crippen molar-refractivity contribution in [3.05, 3.63) is 34.4 Å². The van der Waals surface area contributed by atoms with Crippen LogP contribution in [0.15, 0.2) is 24.3 Å². The van der Waals surface area contributed by atoms with Gasteiger partial charge in [0.1, 0.15) is 0 Å². The molecule has 0 heterocycles. The van der Waals surface area contributed by atoms with E-state index in [1.54, 1.807) is 0 Å². The predicted molar refractivity (Wildman–Crippen MR) is 68.6 cm³/mol. The minimum Gasteiger partial charge on any atom is -0.480 e. The van der Waals surface area contributed by atoms with E-state index in [1.807, 2.05) is 0 Å². The van der Waals surface area contributed by atoms with Crippen molar-refractivity contribution in [2.45, 2.75) is 6.04 Å². The Labute approximate surface area is 113 Å². The molecule has 0 aliphatic carbocycles. The highest BCUT2D eigenvalue weighted by atomic mass is 16.6. The Morgan fingerprint density at radius 1 is 1.50 bits per heavy atom. The first-order valence-corrected chi connectivity index (χ1v) is 5.47. The Morgan fingerprint density at radius 3 is 2.75 bits per heavy atom. The average molecular weight is 283 g/mol. The lowest BCUT2D eigenvalue weighted by atomic mass is 10.3. The van der Waals surface area contributed by atoms with E-state index in [0.29, 0.717) is 0 Å². The summed E-state index contributed by atoms with van der Waals surface area (Å²) in [6.07, 6.45) is 0. The van der Waals surface area contributed by atoms with Crippen molar-refractivity contribution in [3.8, 4) is 0 Å². The van der Waals surface area contributed by atoms with Gasteiger partial charge in [0.2, 0.25) is 0 Å². The number of carbonyl (C=O) groups is 2. The third-order valence-electron chi connectivity index (χ3n) is 2.25. The Bertz CT molecular complexity index is 519. The molecule has 2 amide bonds. The average Bonchev–Trinajstić information content (AvgIpc) is 2.38. The maximum Gasteiger partial charge on any atom is 0.328 e. The summed E-state index contributed by atoms with van der Waals surface area (Å²) in [4.78, 5) is 32.4. The van der Waals surface area contributed by atoms with Crippen LogP contribution in [0.1, 0.15) is 0 Å². The fraction of sp³-hybridized carbons (Fsp3) is 0.273. The molecule has 9 heteroatoms. The first kappa shape index (κ1) is 15.4. The van der Waals surface area contributed by atoms with E-state index in [4.69, 9.17) is 5.11 Å². The lowest BCUT2D eigenvalue weighted by Gasteiger charge is -2.14. The van der Waals surface area contributed by atoms with Crippen molar-refractivity contribution in [2.75, 3.05) is 19.0 Å². The lowest BCUT2D eigenvalue weighted by molar-refractivity contribution is -0.384. The van der Waals surface area contributed by atoms with Crippen LogP contribution in [-0.4, -0.2) is 41.8 Å². The number of urea groups is 1. The second-order valence-electron chi connectivity index (χ2n) is 3.75. The molecule has 1 atom stereocenters. The number of nitro groups is 1. The zero-order valence-corrected chi connectivity index (χ0v) is 10.5. The SMILES string of the molecule is COCC(NC(=O)Nc1cccc([N+](=O)[O-])c1)C(=O)O. The number of benzene rings is 1. The van der Waals surface area contributed by atoms with Crippen LogP contribution < -0.4 is 10.6 Å². The van der Waals surface area contributed by atoms with Gasteiger partial charge in [0, 0.05) is 24.9 Å². The normalized spacial score (nSPS) is 11.4. The van der Waals surface area contributed by atoms with Crippen molar-refractivity contribution in [1.29, 1.82) is 0 Å². The quantitative estimate of drug-likeness (QED) is 0.523. The summed E-state index contributed by atoms with van der Waals surface area (Å²) < 4.78 is 4.65. The summed E-state index contributed by atoms with van der Waals surface area (Å²) >= 11 is 0. The number of carboxylic acids is 1. The number of non-ortho nitro benzene ring substituents is 1. The lowest BCUT2D eigenvalue weighted by Crippen LogP contribution is -2.45. The molecule has 0 fully saturated rings. The number of nitro benzene ring substituents is 1. The fourth-order valence-electron chi connectivity index (χ4n) is 1.36. The van der Waals surface area contributed by atoms with Gasteiger partial charge < -0.3 is 20.5 Å². The summed E-state index contributed by atoms with van der Waals surface area (Å²) in [5, 5.41) is 23.9. The monoisotopic (exact) mass is 283 g/mol. The van der Waals surface area contributed by atoms with E-state index >= 15 is 0 Å². The molecular weight excluding hydrogens is 270 g/mol. The largest absolute Gasteiger partial charge is 0.480 e. The first-order chi connectivity index (χ1) is 9.43. The number of nitrogens with zero attached hydrogens (tertiary/aromatic N) is 1. The van der Waals surface area contributed by atoms with E-state index < -0.39 is 23.0 Å². The Kier molecular flexibility index (Phi) is 5.42. The molecular formula is C11H13N3O6. The van der Waals surface area contributed by atoms with Crippen LogP contribution in [0.25, 0.3) is 0 Å². The van der Waals surface area contributed by atoms with Crippen molar-refractivity contribution in [1.82, 2.24) is 5.32 Å². The van der Waals surface area contributed by atoms with Gasteiger partial charge in [-0.1, -0.05) is 6.07 Å². The topological polar surface area (TPSA) is 131 Å². The van der Waals surface area contributed by atoms with Gasteiger partial charge in [-0.05, 0) is 6.07 Å². The number of hydrogen-bond acceptors (Lipinski definition) is 5. The maximum absolute atomic E-state index is 11.6. The molecule has 0 aromatic heterocycles. The molecule has 3 N–H and O–H groups in total. The molecule has 0 saturated heterocycles. The van der Waals surface area contributed by atoms with Crippen LogP contribution in [-0.2, 0) is 9.53 Å². The highest BCUT2D eigenvalue weighted by molar-refractivity contribution is 5.92. The van der Waals surface area contributed by atoms with Gasteiger partial charge in [0.05, 0.1) is 11.5 Å². The van der Waals surface area contributed by atoms with E-state index in [0.717, 1.165) is 6.07 Å². The van der Waals surface area contributed by atoms with Gasteiger partial charge >= 0.3 is 12.0 Å². The number of anilines is 1. The third kappa shape index (κ3) is 4.53. The van der Waals surface area contributed by atoms with E-state index in [2.05, 4.69) is 15.4 Å². The van der Waals surface area contributed by atoms with Gasteiger partial charge in [0.15, 0.2) is 6.04 Å². The van der Waals surface area contributed by atoms with E-state index in [9.17, 15) is 19.7 Å². The number of methoxy groups -OCH3 is 1. The number of carboxylic acid groups (broad SMARTS) is 1. The molecule has 1 aromatic carbocycles. The molecule has 108 valence electrons. The predicted octanol–water partition coefficient (Wildman–Crippen LogP) is 0.816. The summed E-state index contributed by atoms with van der Waals surface area (Å²) in [6, 6.07) is 3.27. The summed E-state index contributed by atoms with van der Waals surface area (Å²) in [5.41, 5.74) is -0.00673. The van der Waals surface area contributed by atoms with Crippen LogP contribution in [0.2, 0.25) is 0 Å². The van der Waals surface area contributed by atoms with Crippen molar-refractivity contribution < 1.29 is 24.4 Å². The van der Waals surface area contributed by atoms with Gasteiger partial charge in [-0.2, -0.15) is 0 Å². The van der Waals surface area contributed by atoms with Crippen molar-refractivity contribution in [3.63, 3.8) is 0 Å². The van der Waals surface area contributed by atoms with Crippen LogP contribution in [0.4, 0.5) is 16.2 Å². The Hall–Kier alpha value is -2.68. The minimum atomic E-state index is -1.25. The zero-order valence-electron chi connectivity index (χ0n) is 10.5. The third-order valence-corrected chi connectivity index (χ3v) is 2.25. The number of nitrogens with one attached hydrogen (secondary N) is 2. The van der Waals surface area contributed by atoms with E-state index in [1.165, 1.54) is 25.3 Å². The van der Waals surface area contributed by atoms with Crippen LogP contribution in [0.3, 0.4) is 0 Å². The summed E-state index contributed by atoms with van der Waals surface area (Å²) in [5.74, 6) is -1.25. The highest BCUT2D eigenvalue weighted by Crippen LogP contribution is 2.16.